The Bertz CT molecular complexity index is 1300. The molecule has 11 nitrogen and oxygen atoms in total. The van der Waals surface area contributed by atoms with Crippen LogP contribution in [-0.2, 0) is 0 Å². The Balaban J connectivity index is 1.42. The van der Waals surface area contributed by atoms with E-state index in [4.69, 9.17) is 21.1 Å². The number of amides is 3. The summed E-state index contributed by atoms with van der Waals surface area (Å²) in [6.45, 7) is 3.18. The largest absolute Gasteiger partial charge is 0.497 e. The minimum Gasteiger partial charge on any atom is -0.497 e. The number of carbonyl (C=O) groups excluding carboxylic acids is 2. The van der Waals surface area contributed by atoms with Gasteiger partial charge in [0.25, 0.3) is 5.91 Å². The third-order valence-corrected chi connectivity index (χ3v) is 6.60. The third kappa shape index (κ3) is 6.24. The van der Waals surface area contributed by atoms with Crippen molar-refractivity contribution in [3.05, 3.63) is 59.4 Å². The molecule has 1 fully saturated rings. The zero-order valence-corrected chi connectivity index (χ0v) is 22.5. The van der Waals surface area contributed by atoms with Crippen LogP contribution >= 0.6 is 11.6 Å². The minimum atomic E-state index is -0.473. The number of anilines is 4. The Morgan fingerprint density at radius 3 is 2.37 bits per heavy atom. The highest BCUT2D eigenvalue weighted by molar-refractivity contribution is 6.35. The topological polar surface area (TPSA) is 112 Å². The highest BCUT2D eigenvalue weighted by Crippen LogP contribution is 2.36. The lowest BCUT2D eigenvalue weighted by atomic mass is 10.1. The molecule has 1 aromatic heterocycles. The first-order valence-corrected chi connectivity index (χ1v) is 12.3. The second kappa shape index (κ2) is 12.0. The predicted molar refractivity (Wildman–Crippen MR) is 147 cm³/mol. The van der Waals surface area contributed by atoms with E-state index in [1.54, 1.807) is 37.4 Å². The van der Waals surface area contributed by atoms with Gasteiger partial charge in [-0.1, -0.05) is 11.6 Å². The number of benzene rings is 2. The summed E-state index contributed by atoms with van der Waals surface area (Å²) in [4.78, 5) is 39.6. The first-order valence-electron chi connectivity index (χ1n) is 11.9. The maximum absolute atomic E-state index is 12.9. The summed E-state index contributed by atoms with van der Waals surface area (Å²) < 4.78 is 10.5. The number of aromatic nitrogens is 2. The SMILES string of the molecule is COc1cc(NC(=O)N(C)c2cc(Nc3ccc(C(=O)N4CCN(C)CC4)cc3)ncn2)c(Cl)c(OC)c1. The van der Waals surface area contributed by atoms with E-state index < -0.39 is 6.03 Å². The van der Waals surface area contributed by atoms with E-state index in [0.717, 1.165) is 31.9 Å². The number of rotatable bonds is 7. The van der Waals surface area contributed by atoms with Gasteiger partial charge in [0.15, 0.2) is 0 Å². The van der Waals surface area contributed by atoms with Crippen LogP contribution in [0.15, 0.2) is 48.8 Å². The van der Waals surface area contributed by atoms with Crippen molar-refractivity contribution < 1.29 is 19.1 Å². The molecule has 4 rings (SSSR count). The number of nitrogens with one attached hydrogen (secondary N) is 2. The number of urea groups is 1. The van der Waals surface area contributed by atoms with Crippen molar-refractivity contribution >= 4 is 46.5 Å². The highest BCUT2D eigenvalue weighted by Gasteiger charge is 2.21. The lowest BCUT2D eigenvalue weighted by Crippen LogP contribution is -2.47. The number of hydrogen-bond acceptors (Lipinski definition) is 8. The van der Waals surface area contributed by atoms with Crippen molar-refractivity contribution in [1.29, 1.82) is 0 Å². The molecule has 0 spiro atoms. The van der Waals surface area contributed by atoms with Gasteiger partial charge >= 0.3 is 6.03 Å². The maximum atomic E-state index is 12.9. The molecule has 0 bridgehead atoms. The highest BCUT2D eigenvalue weighted by atomic mass is 35.5. The number of hydrogen-bond donors (Lipinski definition) is 2. The zero-order valence-electron chi connectivity index (χ0n) is 21.7. The third-order valence-electron chi connectivity index (χ3n) is 6.21. The van der Waals surface area contributed by atoms with Gasteiger partial charge in [0.2, 0.25) is 0 Å². The van der Waals surface area contributed by atoms with E-state index in [9.17, 15) is 9.59 Å². The molecule has 3 amide bonds. The Kier molecular flexibility index (Phi) is 8.49. The lowest BCUT2D eigenvalue weighted by Gasteiger charge is -2.32. The summed E-state index contributed by atoms with van der Waals surface area (Å²) in [5.41, 5.74) is 1.71. The second-order valence-corrected chi connectivity index (χ2v) is 9.12. The summed E-state index contributed by atoms with van der Waals surface area (Å²) >= 11 is 6.35. The maximum Gasteiger partial charge on any atom is 0.327 e. The predicted octanol–water partition coefficient (Wildman–Crippen LogP) is 3.95. The second-order valence-electron chi connectivity index (χ2n) is 8.74. The molecule has 0 unspecified atom stereocenters. The fourth-order valence-corrected chi connectivity index (χ4v) is 4.10. The molecule has 1 aliphatic heterocycles. The molecule has 38 heavy (non-hydrogen) atoms. The summed E-state index contributed by atoms with van der Waals surface area (Å²) in [5, 5.41) is 6.18. The first kappa shape index (κ1) is 27.0. The number of piperazine rings is 1. The van der Waals surface area contributed by atoms with Gasteiger partial charge in [-0.05, 0) is 31.3 Å². The van der Waals surface area contributed by atoms with Crippen molar-refractivity contribution in [2.45, 2.75) is 0 Å². The van der Waals surface area contributed by atoms with Crippen LogP contribution in [-0.4, -0.2) is 86.2 Å². The van der Waals surface area contributed by atoms with E-state index in [1.807, 2.05) is 17.0 Å². The number of ether oxygens (including phenoxy) is 2. The number of methoxy groups -OCH3 is 2. The van der Waals surface area contributed by atoms with Crippen LogP contribution in [0.4, 0.5) is 27.8 Å². The number of likely N-dealkylation sites (N-methyl/N-ethyl adjacent to an activating group) is 1. The molecule has 0 atom stereocenters. The quantitative estimate of drug-likeness (QED) is 0.464. The molecule has 0 saturated carbocycles. The van der Waals surface area contributed by atoms with E-state index in [2.05, 4.69) is 32.5 Å². The van der Waals surface area contributed by atoms with E-state index in [-0.39, 0.29) is 10.9 Å². The van der Waals surface area contributed by atoms with Crippen LogP contribution in [0.5, 0.6) is 11.5 Å². The average Bonchev–Trinajstić information content (AvgIpc) is 2.94. The van der Waals surface area contributed by atoms with Crippen LogP contribution < -0.4 is 25.0 Å². The number of halogens is 1. The first-order chi connectivity index (χ1) is 18.3. The van der Waals surface area contributed by atoms with Crippen molar-refractivity contribution in [3.63, 3.8) is 0 Å². The summed E-state index contributed by atoms with van der Waals surface area (Å²) in [5.74, 6) is 1.71. The zero-order chi connectivity index (χ0) is 27.2. The molecule has 0 radical (unpaired) electrons. The molecule has 2 N–H and O–H groups in total. The fourth-order valence-electron chi connectivity index (χ4n) is 3.87. The molecule has 200 valence electrons. The van der Waals surface area contributed by atoms with Crippen molar-refractivity contribution in [2.24, 2.45) is 0 Å². The number of nitrogens with zero attached hydrogens (tertiary/aromatic N) is 5. The van der Waals surface area contributed by atoms with Gasteiger partial charge in [-0.2, -0.15) is 0 Å². The molecular formula is C26H30ClN7O4. The normalized spacial score (nSPS) is 13.6. The van der Waals surface area contributed by atoms with Crippen LogP contribution in [0.1, 0.15) is 10.4 Å². The van der Waals surface area contributed by atoms with Gasteiger partial charge < -0.3 is 29.9 Å². The Hall–Kier alpha value is -4.09. The van der Waals surface area contributed by atoms with Crippen molar-refractivity contribution in [1.82, 2.24) is 19.8 Å². The standard InChI is InChI=1S/C26H30ClN7O4/c1-32-9-11-34(12-10-32)25(35)17-5-7-18(8-6-17)30-22-15-23(29-16-28-22)33(2)26(36)31-20-13-19(37-3)14-21(38-4)24(20)27/h5-8,13-16H,9-12H2,1-4H3,(H,31,36)(H,28,29,30). The van der Waals surface area contributed by atoms with E-state index in [1.165, 1.54) is 25.4 Å². The smallest absolute Gasteiger partial charge is 0.327 e. The Morgan fingerprint density at radius 2 is 1.71 bits per heavy atom. The molecule has 3 aromatic rings. The van der Waals surface area contributed by atoms with E-state index in [0.29, 0.717) is 34.4 Å². The minimum absolute atomic E-state index is 0.0235. The van der Waals surface area contributed by atoms with Gasteiger partial charge in [0.05, 0.1) is 19.9 Å². The molecular weight excluding hydrogens is 510 g/mol. The summed E-state index contributed by atoms with van der Waals surface area (Å²) in [7, 11) is 6.62. The van der Waals surface area contributed by atoms with Gasteiger partial charge in [0, 0.05) is 62.7 Å². The Morgan fingerprint density at radius 1 is 1.00 bits per heavy atom. The van der Waals surface area contributed by atoms with Crippen LogP contribution in [0.25, 0.3) is 0 Å². The molecule has 1 saturated heterocycles. The monoisotopic (exact) mass is 539 g/mol. The van der Waals surface area contributed by atoms with Crippen molar-refractivity contribution in [2.75, 3.05) is 70.0 Å². The van der Waals surface area contributed by atoms with Gasteiger partial charge in [-0.25, -0.2) is 14.8 Å². The molecule has 12 heteroatoms. The lowest BCUT2D eigenvalue weighted by molar-refractivity contribution is 0.0664. The summed E-state index contributed by atoms with van der Waals surface area (Å²) in [6, 6.07) is 11.6. The number of carbonyl (C=O) groups is 2. The van der Waals surface area contributed by atoms with E-state index >= 15 is 0 Å². The fraction of sp³-hybridized carbons (Fsp3) is 0.308. The van der Waals surface area contributed by atoms with Gasteiger partial charge in [-0.15, -0.1) is 0 Å². The average molecular weight is 540 g/mol. The van der Waals surface area contributed by atoms with Crippen molar-refractivity contribution in [3.8, 4) is 11.5 Å². The van der Waals surface area contributed by atoms with Gasteiger partial charge in [-0.3, -0.25) is 9.69 Å². The molecule has 1 aliphatic rings. The van der Waals surface area contributed by atoms with Crippen LogP contribution in [0.2, 0.25) is 5.02 Å². The molecule has 2 aromatic carbocycles. The Labute approximate surface area is 226 Å². The van der Waals surface area contributed by atoms with Gasteiger partial charge in [0.1, 0.15) is 34.5 Å². The van der Waals surface area contributed by atoms with Crippen LogP contribution in [0, 0.1) is 0 Å². The summed E-state index contributed by atoms with van der Waals surface area (Å²) in [6.07, 6.45) is 1.36. The molecule has 2 heterocycles. The molecule has 0 aliphatic carbocycles. The van der Waals surface area contributed by atoms with Crippen LogP contribution in [0.3, 0.4) is 0 Å².